The Kier molecular flexibility index (Phi) is 4.74. The lowest BCUT2D eigenvalue weighted by Crippen LogP contribution is -2.28. The lowest BCUT2D eigenvalue weighted by molar-refractivity contribution is -0.384. The second-order valence-electron chi connectivity index (χ2n) is 5.16. The van der Waals surface area contributed by atoms with Crippen molar-refractivity contribution in [3.8, 4) is 0 Å². The zero-order valence-electron chi connectivity index (χ0n) is 11.9. The van der Waals surface area contributed by atoms with Gasteiger partial charge in [-0.15, -0.1) is 0 Å². The summed E-state index contributed by atoms with van der Waals surface area (Å²) in [5.41, 5.74) is 0.607. The summed E-state index contributed by atoms with van der Waals surface area (Å²) >= 11 is 0. The Bertz CT molecular complexity index is 547. The second-order valence-corrected chi connectivity index (χ2v) is 5.16. The lowest BCUT2D eigenvalue weighted by Gasteiger charge is -2.16. The Morgan fingerprint density at radius 3 is 2.95 bits per heavy atom. The number of carbonyl (C=O) groups is 1. The van der Waals surface area contributed by atoms with Gasteiger partial charge in [-0.3, -0.25) is 14.9 Å². The number of rotatable bonds is 5. The van der Waals surface area contributed by atoms with Crippen molar-refractivity contribution in [3.05, 3.63) is 33.9 Å². The molecule has 0 aromatic heterocycles. The number of benzene rings is 1. The summed E-state index contributed by atoms with van der Waals surface area (Å²) in [6.45, 7) is 1.35. The van der Waals surface area contributed by atoms with Gasteiger partial charge < -0.3 is 15.3 Å². The molecule has 1 fully saturated rings. The first-order chi connectivity index (χ1) is 10.1. The molecular formula is C14H19N3O4. The van der Waals surface area contributed by atoms with Gasteiger partial charge in [0, 0.05) is 38.4 Å². The summed E-state index contributed by atoms with van der Waals surface area (Å²) in [7, 11) is 1.60. The van der Waals surface area contributed by atoms with Gasteiger partial charge in [-0.05, 0) is 30.9 Å². The van der Waals surface area contributed by atoms with E-state index < -0.39 is 4.92 Å². The summed E-state index contributed by atoms with van der Waals surface area (Å²) in [6, 6.07) is 4.46. The minimum Gasteiger partial charge on any atom is -0.396 e. The minimum atomic E-state index is -0.499. The predicted octanol–water partition coefficient (Wildman–Crippen LogP) is 1.48. The van der Waals surface area contributed by atoms with Crippen molar-refractivity contribution in [3.63, 3.8) is 0 Å². The van der Waals surface area contributed by atoms with Crippen molar-refractivity contribution >= 4 is 17.3 Å². The molecule has 21 heavy (non-hydrogen) atoms. The quantitative estimate of drug-likeness (QED) is 0.633. The van der Waals surface area contributed by atoms with Crippen LogP contribution in [0.25, 0.3) is 0 Å². The van der Waals surface area contributed by atoms with Crippen LogP contribution in [0.3, 0.4) is 0 Å². The number of nitro groups is 1. The molecule has 0 bridgehead atoms. The standard InChI is InChI=1S/C14H19N3O4/c1-15-12-3-2-11(8-13(12)17(20)21)14(19)16-6-4-10(9-16)5-7-18/h2-3,8,10,15,18H,4-7,9H2,1H3. The molecular weight excluding hydrogens is 274 g/mol. The molecule has 1 aliphatic rings. The van der Waals surface area contributed by atoms with Gasteiger partial charge in [0.15, 0.2) is 0 Å². The summed E-state index contributed by atoms with van der Waals surface area (Å²) in [4.78, 5) is 24.6. The van der Waals surface area contributed by atoms with Crippen LogP contribution in [0, 0.1) is 16.0 Å². The van der Waals surface area contributed by atoms with E-state index in [1.807, 2.05) is 0 Å². The number of hydrogen-bond acceptors (Lipinski definition) is 5. The highest BCUT2D eigenvalue weighted by Gasteiger charge is 2.27. The second kappa shape index (κ2) is 6.53. The first-order valence-corrected chi connectivity index (χ1v) is 6.93. The molecule has 2 rings (SSSR count). The highest BCUT2D eigenvalue weighted by atomic mass is 16.6. The summed E-state index contributed by atoms with van der Waals surface area (Å²) < 4.78 is 0. The number of nitro benzene ring substituents is 1. The summed E-state index contributed by atoms with van der Waals surface area (Å²) in [5.74, 6) is 0.117. The van der Waals surface area contributed by atoms with E-state index in [4.69, 9.17) is 5.11 Å². The number of nitrogens with one attached hydrogen (secondary N) is 1. The highest BCUT2D eigenvalue weighted by Crippen LogP contribution is 2.27. The SMILES string of the molecule is CNc1ccc(C(=O)N2CCC(CCO)C2)cc1[N+](=O)[O-]. The number of amides is 1. The molecule has 1 aromatic rings. The van der Waals surface area contributed by atoms with Crippen molar-refractivity contribution < 1.29 is 14.8 Å². The molecule has 0 radical (unpaired) electrons. The molecule has 1 atom stereocenters. The number of anilines is 1. The fraction of sp³-hybridized carbons (Fsp3) is 0.500. The van der Waals surface area contributed by atoms with E-state index >= 15 is 0 Å². The van der Waals surface area contributed by atoms with Crippen LogP contribution in [0.5, 0.6) is 0 Å². The number of aliphatic hydroxyl groups excluding tert-OH is 1. The molecule has 1 aromatic carbocycles. The maximum Gasteiger partial charge on any atom is 0.293 e. The van der Waals surface area contributed by atoms with Crippen molar-refractivity contribution in [2.24, 2.45) is 5.92 Å². The molecule has 2 N–H and O–H groups in total. The monoisotopic (exact) mass is 293 g/mol. The fourth-order valence-electron chi connectivity index (χ4n) is 2.65. The smallest absolute Gasteiger partial charge is 0.293 e. The van der Waals surface area contributed by atoms with Crippen molar-refractivity contribution in [2.75, 3.05) is 32.1 Å². The lowest BCUT2D eigenvalue weighted by atomic mass is 10.1. The van der Waals surface area contributed by atoms with E-state index in [1.54, 1.807) is 24.1 Å². The molecule has 0 aliphatic carbocycles. The summed E-state index contributed by atoms with van der Waals surface area (Å²) in [6.07, 6.45) is 1.55. The molecule has 7 heteroatoms. The van der Waals surface area contributed by atoms with Crippen LogP contribution >= 0.6 is 0 Å². The van der Waals surface area contributed by atoms with Crippen molar-refractivity contribution in [1.82, 2.24) is 4.90 Å². The largest absolute Gasteiger partial charge is 0.396 e. The average Bonchev–Trinajstić information content (AvgIpc) is 2.94. The van der Waals surface area contributed by atoms with Gasteiger partial charge in [0.2, 0.25) is 0 Å². The van der Waals surface area contributed by atoms with Gasteiger partial charge in [0.25, 0.3) is 11.6 Å². The van der Waals surface area contributed by atoms with Gasteiger partial charge in [-0.25, -0.2) is 0 Å². The molecule has 7 nitrogen and oxygen atoms in total. The number of aliphatic hydroxyl groups is 1. The average molecular weight is 293 g/mol. The van der Waals surface area contributed by atoms with Gasteiger partial charge in [-0.1, -0.05) is 0 Å². The van der Waals surface area contributed by atoms with E-state index in [9.17, 15) is 14.9 Å². The predicted molar refractivity (Wildman–Crippen MR) is 78.4 cm³/mol. The zero-order chi connectivity index (χ0) is 15.4. The topological polar surface area (TPSA) is 95.7 Å². The molecule has 0 saturated carbocycles. The number of likely N-dealkylation sites (tertiary alicyclic amines) is 1. The van der Waals surface area contributed by atoms with Crippen LogP contribution in [0.15, 0.2) is 18.2 Å². The fourth-order valence-corrected chi connectivity index (χ4v) is 2.65. The third kappa shape index (κ3) is 3.30. The van der Waals surface area contributed by atoms with Gasteiger partial charge >= 0.3 is 0 Å². The van der Waals surface area contributed by atoms with E-state index in [2.05, 4.69) is 5.32 Å². The van der Waals surface area contributed by atoms with Gasteiger partial charge in [-0.2, -0.15) is 0 Å². The maximum absolute atomic E-state index is 12.4. The Morgan fingerprint density at radius 1 is 1.57 bits per heavy atom. The normalized spacial score (nSPS) is 17.8. The van der Waals surface area contributed by atoms with E-state index in [-0.39, 0.29) is 18.2 Å². The van der Waals surface area contributed by atoms with Crippen LogP contribution in [-0.2, 0) is 0 Å². The highest BCUT2D eigenvalue weighted by molar-refractivity contribution is 5.96. The minimum absolute atomic E-state index is 0.102. The molecule has 114 valence electrons. The summed E-state index contributed by atoms with van der Waals surface area (Å²) in [5, 5.41) is 22.7. The van der Waals surface area contributed by atoms with Crippen LogP contribution in [0.2, 0.25) is 0 Å². The molecule has 1 unspecified atom stereocenters. The Balaban J connectivity index is 2.17. The molecule has 1 amide bonds. The first kappa shape index (κ1) is 15.2. The van der Waals surface area contributed by atoms with E-state index in [1.165, 1.54) is 6.07 Å². The van der Waals surface area contributed by atoms with Gasteiger partial charge in [0.1, 0.15) is 5.69 Å². The van der Waals surface area contributed by atoms with E-state index in [0.717, 1.165) is 6.42 Å². The molecule has 1 saturated heterocycles. The number of carbonyl (C=O) groups excluding carboxylic acids is 1. The zero-order valence-corrected chi connectivity index (χ0v) is 11.9. The molecule has 1 aliphatic heterocycles. The number of nitrogens with zero attached hydrogens (tertiary/aromatic N) is 2. The van der Waals surface area contributed by atoms with Crippen LogP contribution in [0.4, 0.5) is 11.4 Å². The Labute approximate surface area is 122 Å². The van der Waals surface area contributed by atoms with Gasteiger partial charge in [0.05, 0.1) is 4.92 Å². The van der Waals surface area contributed by atoms with Crippen LogP contribution in [0.1, 0.15) is 23.2 Å². The van der Waals surface area contributed by atoms with Crippen molar-refractivity contribution in [1.29, 1.82) is 0 Å². The Hall–Kier alpha value is -2.15. The van der Waals surface area contributed by atoms with Crippen LogP contribution < -0.4 is 5.32 Å². The third-order valence-electron chi connectivity index (χ3n) is 3.82. The first-order valence-electron chi connectivity index (χ1n) is 6.93. The maximum atomic E-state index is 12.4. The van der Waals surface area contributed by atoms with Crippen molar-refractivity contribution in [2.45, 2.75) is 12.8 Å². The van der Waals surface area contributed by atoms with Crippen LogP contribution in [-0.4, -0.2) is 47.6 Å². The third-order valence-corrected chi connectivity index (χ3v) is 3.82. The molecule has 0 spiro atoms. The van der Waals surface area contributed by atoms with E-state index in [0.29, 0.717) is 36.7 Å². The Morgan fingerprint density at radius 2 is 2.33 bits per heavy atom. The number of hydrogen-bond donors (Lipinski definition) is 2. The molecule has 1 heterocycles.